The van der Waals surface area contributed by atoms with Gasteiger partial charge in [0.1, 0.15) is 5.75 Å². The molecule has 0 atom stereocenters. The molecule has 0 bridgehead atoms. The fourth-order valence-corrected chi connectivity index (χ4v) is 2.95. The summed E-state index contributed by atoms with van der Waals surface area (Å²) in [5.74, 6) is 1.21. The van der Waals surface area contributed by atoms with Crippen molar-refractivity contribution >= 4 is 11.5 Å². The second kappa shape index (κ2) is 5.64. The Morgan fingerprint density at radius 1 is 1.04 bits per heavy atom. The summed E-state index contributed by atoms with van der Waals surface area (Å²) in [5.41, 5.74) is 3.49. The lowest BCUT2D eigenvalue weighted by molar-refractivity contribution is -0.890. The van der Waals surface area contributed by atoms with Crippen LogP contribution in [0, 0.1) is 0 Å². The van der Waals surface area contributed by atoms with E-state index in [1.807, 2.05) is 12.1 Å². The SMILES string of the molecule is CC(C)(C)c1ccc(C2=N[N+](C)(C)CN2c2cccc(O)c2)cc1. The molecule has 1 aliphatic rings. The molecule has 0 amide bonds. The molecule has 1 heterocycles. The van der Waals surface area contributed by atoms with Crippen LogP contribution in [0.5, 0.6) is 5.75 Å². The Kier molecular flexibility index (Phi) is 3.88. The van der Waals surface area contributed by atoms with E-state index in [1.54, 1.807) is 12.1 Å². The van der Waals surface area contributed by atoms with Gasteiger partial charge < -0.3 is 5.11 Å². The zero-order valence-electron chi connectivity index (χ0n) is 15.1. The molecule has 0 saturated heterocycles. The fourth-order valence-electron chi connectivity index (χ4n) is 2.95. The van der Waals surface area contributed by atoms with Crippen LogP contribution in [0.4, 0.5) is 5.69 Å². The van der Waals surface area contributed by atoms with Crippen molar-refractivity contribution < 1.29 is 9.70 Å². The quantitative estimate of drug-likeness (QED) is 0.850. The number of nitrogens with zero attached hydrogens (tertiary/aromatic N) is 3. The topological polar surface area (TPSA) is 35.8 Å². The minimum Gasteiger partial charge on any atom is -0.508 e. The van der Waals surface area contributed by atoms with Gasteiger partial charge in [-0.2, -0.15) is 4.59 Å². The largest absolute Gasteiger partial charge is 0.508 e. The van der Waals surface area contributed by atoms with E-state index < -0.39 is 0 Å². The Morgan fingerprint density at radius 2 is 1.71 bits per heavy atom. The first-order chi connectivity index (χ1) is 11.2. The number of phenols is 1. The van der Waals surface area contributed by atoms with Gasteiger partial charge in [0.25, 0.3) is 0 Å². The molecule has 4 nitrogen and oxygen atoms in total. The Hall–Kier alpha value is -2.33. The second-order valence-electron chi connectivity index (χ2n) is 7.96. The first-order valence-corrected chi connectivity index (χ1v) is 8.26. The predicted molar refractivity (Wildman–Crippen MR) is 99.2 cm³/mol. The van der Waals surface area contributed by atoms with E-state index in [1.165, 1.54) is 5.56 Å². The molecular weight excluding hydrogens is 298 g/mol. The van der Waals surface area contributed by atoms with Crippen LogP contribution in [0.1, 0.15) is 31.9 Å². The molecule has 24 heavy (non-hydrogen) atoms. The molecule has 126 valence electrons. The number of rotatable bonds is 2. The van der Waals surface area contributed by atoms with E-state index in [-0.39, 0.29) is 11.2 Å². The van der Waals surface area contributed by atoms with Crippen molar-refractivity contribution in [3.8, 4) is 5.75 Å². The molecule has 0 aliphatic carbocycles. The summed E-state index contributed by atoms with van der Waals surface area (Å²) >= 11 is 0. The molecule has 2 aromatic rings. The maximum atomic E-state index is 9.81. The third-order valence-electron chi connectivity index (χ3n) is 4.26. The van der Waals surface area contributed by atoms with Crippen LogP contribution in [0.2, 0.25) is 0 Å². The van der Waals surface area contributed by atoms with Crippen molar-refractivity contribution in [1.82, 2.24) is 0 Å². The Labute approximate surface area is 144 Å². The van der Waals surface area contributed by atoms with Gasteiger partial charge in [0, 0.05) is 11.6 Å². The van der Waals surface area contributed by atoms with Gasteiger partial charge in [-0.15, -0.1) is 0 Å². The molecule has 0 unspecified atom stereocenters. The van der Waals surface area contributed by atoms with Crippen LogP contribution in [-0.4, -0.2) is 36.3 Å². The number of quaternary nitrogens is 1. The number of phenolic OH excluding ortho intramolecular Hbond substituents is 1. The molecule has 1 aliphatic heterocycles. The highest BCUT2D eigenvalue weighted by Crippen LogP contribution is 2.29. The van der Waals surface area contributed by atoms with Gasteiger partial charge >= 0.3 is 0 Å². The highest BCUT2D eigenvalue weighted by atomic mass is 16.3. The van der Waals surface area contributed by atoms with Crippen molar-refractivity contribution in [3.63, 3.8) is 0 Å². The van der Waals surface area contributed by atoms with Gasteiger partial charge in [-0.3, -0.25) is 4.90 Å². The zero-order chi connectivity index (χ0) is 17.5. The summed E-state index contributed by atoms with van der Waals surface area (Å²) in [7, 11) is 4.15. The third kappa shape index (κ3) is 3.29. The van der Waals surface area contributed by atoms with Crippen molar-refractivity contribution in [3.05, 3.63) is 59.7 Å². The van der Waals surface area contributed by atoms with Gasteiger partial charge in [0.05, 0.1) is 19.8 Å². The summed E-state index contributed by atoms with van der Waals surface area (Å²) in [4.78, 5) is 2.16. The zero-order valence-corrected chi connectivity index (χ0v) is 15.1. The summed E-state index contributed by atoms with van der Waals surface area (Å²) in [6.45, 7) is 7.39. The van der Waals surface area contributed by atoms with E-state index in [4.69, 9.17) is 5.10 Å². The molecule has 1 N–H and O–H groups in total. The molecule has 0 spiro atoms. The van der Waals surface area contributed by atoms with Crippen molar-refractivity contribution in [2.75, 3.05) is 25.7 Å². The summed E-state index contributed by atoms with van der Waals surface area (Å²) in [6.07, 6.45) is 0. The summed E-state index contributed by atoms with van der Waals surface area (Å²) in [6, 6.07) is 16.0. The molecule has 0 saturated carbocycles. The Morgan fingerprint density at radius 3 is 2.29 bits per heavy atom. The van der Waals surface area contributed by atoms with E-state index in [9.17, 15) is 5.11 Å². The molecule has 0 fully saturated rings. The van der Waals surface area contributed by atoms with Gasteiger partial charge in [0.2, 0.25) is 5.84 Å². The normalized spacial score (nSPS) is 17.0. The lowest BCUT2D eigenvalue weighted by Crippen LogP contribution is -2.38. The lowest BCUT2D eigenvalue weighted by Gasteiger charge is -2.22. The molecule has 2 aromatic carbocycles. The first kappa shape index (κ1) is 16.5. The van der Waals surface area contributed by atoms with E-state index in [0.717, 1.165) is 23.8 Å². The van der Waals surface area contributed by atoms with E-state index >= 15 is 0 Å². The average molecular weight is 324 g/mol. The van der Waals surface area contributed by atoms with Crippen LogP contribution >= 0.6 is 0 Å². The average Bonchev–Trinajstić information content (AvgIpc) is 2.82. The van der Waals surface area contributed by atoms with Crippen LogP contribution in [0.3, 0.4) is 0 Å². The smallest absolute Gasteiger partial charge is 0.200 e. The van der Waals surface area contributed by atoms with Gasteiger partial charge in [-0.25, -0.2) is 0 Å². The second-order valence-corrected chi connectivity index (χ2v) is 7.96. The summed E-state index contributed by atoms with van der Waals surface area (Å²) < 4.78 is 0.534. The summed E-state index contributed by atoms with van der Waals surface area (Å²) in [5, 5.41) is 14.7. The van der Waals surface area contributed by atoms with E-state index in [0.29, 0.717) is 4.59 Å². The van der Waals surface area contributed by atoms with Gasteiger partial charge in [-0.05, 0) is 23.1 Å². The Balaban J connectivity index is 2.00. The minimum absolute atomic E-state index is 0.135. The van der Waals surface area contributed by atoms with Crippen molar-refractivity contribution in [2.24, 2.45) is 5.10 Å². The van der Waals surface area contributed by atoms with Gasteiger partial charge in [0.15, 0.2) is 6.67 Å². The van der Waals surface area contributed by atoms with Crippen LogP contribution < -0.4 is 4.90 Å². The number of amidine groups is 1. The van der Waals surface area contributed by atoms with Crippen LogP contribution in [-0.2, 0) is 5.41 Å². The van der Waals surface area contributed by atoms with Gasteiger partial charge in [-0.1, -0.05) is 56.2 Å². The fraction of sp³-hybridized carbons (Fsp3) is 0.350. The number of benzene rings is 2. The number of hydrogen-bond acceptors (Lipinski definition) is 3. The standard InChI is InChI=1S/C20H25N3O/c1-20(2,3)16-11-9-15(10-12-16)19-21-23(4,5)14-22(19)17-7-6-8-18(24)13-17/h6-13H,14H2,1-5H3/p+1. The maximum absolute atomic E-state index is 9.81. The number of hydrogen-bond donors (Lipinski definition) is 1. The minimum atomic E-state index is 0.135. The molecule has 3 rings (SSSR count). The van der Waals surface area contributed by atoms with Crippen molar-refractivity contribution in [2.45, 2.75) is 26.2 Å². The lowest BCUT2D eigenvalue weighted by atomic mass is 9.86. The molecule has 0 aromatic heterocycles. The maximum Gasteiger partial charge on any atom is 0.200 e. The molecule has 4 heteroatoms. The highest BCUT2D eigenvalue weighted by molar-refractivity contribution is 6.10. The van der Waals surface area contributed by atoms with E-state index in [2.05, 4.69) is 64.0 Å². The molecule has 0 radical (unpaired) electrons. The number of anilines is 1. The Bertz CT molecular complexity index is 770. The monoisotopic (exact) mass is 324 g/mol. The molecular formula is C20H26N3O+. The highest BCUT2D eigenvalue weighted by Gasteiger charge is 2.34. The number of aromatic hydroxyl groups is 1. The third-order valence-corrected chi connectivity index (χ3v) is 4.26. The van der Waals surface area contributed by atoms with Crippen LogP contribution in [0.25, 0.3) is 0 Å². The predicted octanol–water partition coefficient (Wildman–Crippen LogP) is 3.91. The first-order valence-electron chi connectivity index (χ1n) is 8.26. The van der Waals surface area contributed by atoms with Crippen molar-refractivity contribution in [1.29, 1.82) is 0 Å². The van der Waals surface area contributed by atoms with Crippen LogP contribution in [0.15, 0.2) is 53.6 Å².